The number of sulfonamides is 1. The molecule has 0 bridgehead atoms. The fourth-order valence-electron chi connectivity index (χ4n) is 1.90. The summed E-state index contributed by atoms with van der Waals surface area (Å²) in [6.07, 6.45) is 0. The fraction of sp³-hybridized carbons (Fsp3) is 0.176. The Morgan fingerprint density at radius 1 is 0.962 bits per heavy atom. The van der Waals surface area contributed by atoms with Gasteiger partial charge in [0.1, 0.15) is 5.75 Å². The summed E-state index contributed by atoms with van der Waals surface area (Å²) >= 11 is 0. The van der Waals surface area contributed by atoms with Gasteiger partial charge in [-0.1, -0.05) is 30.3 Å². The maximum absolute atomic E-state index is 11.7. The minimum Gasteiger partial charge on any atom is -0.482 e. The number of primary sulfonamides is 1. The van der Waals surface area contributed by atoms with Gasteiger partial charge in [0.05, 0.1) is 4.90 Å². The topological polar surface area (TPSA) is 125 Å². The van der Waals surface area contributed by atoms with E-state index in [1.165, 1.54) is 24.3 Å². The second-order valence-electron chi connectivity index (χ2n) is 5.23. The Kier molecular flexibility index (Phi) is 6.70. The van der Waals surface area contributed by atoms with Crippen molar-refractivity contribution in [1.29, 1.82) is 0 Å². The summed E-state index contributed by atoms with van der Waals surface area (Å²) in [6, 6.07) is 14.5. The third-order valence-electron chi connectivity index (χ3n) is 3.21. The molecule has 0 saturated carbocycles. The molecule has 9 heteroatoms. The fourth-order valence-corrected chi connectivity index (χ4v) is 2.41. The van der Waals surface area contributed by atoms with Crippen LogP contribution in [0.5, 0.6) is 5.75 Å². The van der Waals surface area contributed by atoms with Gasteiger partial charge in [-0.3, -0.25) is 4.79 Å². The Hall–Kier alpha value is -2.91. The van der Waals surface area contributed by atoms with Crippen LogP contribution in [0.4, 0.5) is 0 Å². The van der Waals surface area contributed by atoms with Crippen LogP contribution in [-0.4, -0.2) is 33.5 Å². The normalized spacial score (nSPS) is 10.8. The molecule has 8 nitrogen and oxygen atoms in total. The summed E-state index contributed by atoms with van der Waals surface area (Å²) in [5, 5.41) is 7.55. The Morgan fingerprint density at radius 3 is 2.23 bits per heavy atom. The molecule has 2 rings (SSSR count). The standard InChI is InChI=1S/C17H18N2O6S/c18-26(22,23)15-8-6-13(7-9-15)10-19-16(20)11-25-17(21)12-24-14-4-2-1-3-5-14/h1-9H,10-12H2,(H,19,20)(H2,18,22,23). The van der Waals surface area contributed by atoms with Crippen LogP contribution in [0.2, 0.25) is 0 Å². The van der Waals surface area contributed by atoms with Crippen LogP contribution < -0.4 is 15.2 Å². The van der Waals surface area contributed by atoms with Gasteiger partial charge in [-0.2, -0.15) is 0 Å². The smallest absolute Gasteiger partial charge is 0.344 e. The van der Waals surface area contributed by atoms with Crippen LogP contribution in [0.15, 0.2) is 59.5 Å². The Bertz CT molecular complexity index is 851. The molecule has 0 heterocycles. The van der Waals surface area contributed by atoms with Crippen molar-refractivity contribution in [3.63, 3.8) is 0 Å². The summed E-state index contributed by atoms with van der Waals surface area (Å²) in [5.41, 5.74) is 0.671. The SMILES string of the molecule is NS(=O)(=O)c1ccc(CNC(=O)COC(=O)COc2ccccc2)cc1. The zero-order valence-corrected chi connectivity index (χ0v) is 14.6. The van der Waals surface area contributed by atoms with Gasteiger partial charge < -0.3 is 14.8 Å². The molecule has 0 atom stereocenters. The van der Waals surface area contributed by atoms with Crippen LogP contribution in [0.1, 0.15) is 5.56 Å². The molecule has 0 unspecified atom stereocenters. The zero-order chi connectivity index (χ0) is 19.0. The number of esters is 1. The number of ether oxygens (including phenoxy) is 2. The lowest BCUT2D eigenvalue weighted by molar-refractivity contribution is -0.150. The van der Waals surface area contributed by atoms with Crippen molar-refractivity contribution in [1.82, 2.24) is 5.32 Å². The van der Waals surface area contributed by atoms with E-state index in [4.69, 9.17) is 14.6 Å². The van der Waals surface area contributed by atoms with Crippen molar-refractivity contribution in [2.45, 2.75) is 11.4 Å². The van der Waals surface area contributed by atoms with Gasteiger partial charge in [0, 0.05) is 6.54 Å². The molecule has 0 fully saturated rings. The monoisotopic (exact) mass is 378 g/mol. The molecule has 2 aromatic rings. The number of carbonyl (C=O) groups is 2. The lowest BCUT2D eigenvalue weighted by Gasteiger charge is -2.08. The molecule has 3 N–H and O–H groups in total. The molecule has 2 aromatic carbocycles. The second-order valence-corrected chi connectivity index (χ2v) is 6.79. The van der Waals surface area contributed by atoms with Crippen molar-refractivity contribution in [3.05, 3.63) is 60.2 Å². The Labute approximate surface area is 151 Å². The molecular formula is C17H18N2O6S. The van der Waals surface area contributed by atoms with Crippen molar-refractivity contribution in [2.75, 3.05) is 13.2 Å². The number of nitrogens with two attached hydrogens (primary N) is 1. The van der Waals surface area contributed by atoms with E-state index in [1.807, 2.05) is 6.07 Å². The highest BCUT2D eigenvalue weighted by Gasteiger charge is 2.09. The first kappa shape index (κ1) is 19.4. The molecule has 0 aliphatic heterocycles. The van der Waals surface area contributed by atoms with Crippen LogP contribution in [0, 0.1) is 0 Å². The highest BCUT2D eigenvalue weighted by Crippen LogP contribution is 2.09. The minimum absolute atomic E-state index is 0.0140. The van der Waals surface area contributed by atoms with Gasteiger partial charge in [-0.05, 0) is 29.8 Å². The maximum atomic E-state index is 11.7. The molecular weight excluding hydrogens is 360 g/mol. The molecule has 138 valence electrons. The molecule has 0 aromatic heterocycles. The zero-order valence-electron chi connectivity index (χ0n) is 13.8. The quantitative estimate of drug-likeness (QED) is 0.647. The summed E-state index contributed by atoms with van der Waals surface area (Å²) in [5.74, 6) is -0.632. The molecule has 0 spiro atoms. The van der Waals surface area contributed by atoms with E-state index in [1.54, 1.807) is 24.3 Å². The van der Waals surface area contributed by atoms with Gasteiger partial charge in [-0.15, -0.1) is 0 Å². The number of amides is 1. The second kappa shape index (κ2) is 8.97. The van der Waals surface area contributed by atoms with E-state index >= 15 is 0 Å². The number of carbonyl (C=O) groups excluding carboxylic acids is 2. The van der Waals surface area contributed by atoms with Gasteiger partial charge in [0.25, 0.3) is 5.91 Å². The average Bonchev–Trinajstić information content (AvgIpc) is 2.63. The summed E-state index contributed by atoms with van der Waals surface area (Å²) in [7, 11) is -3.75. The number of hydrogen-bond donors (Lipinski definition) is 2. The van der Waals surface area contributed by atoms with Gasteiger partial charge in [0.15, 0.2) is 13.2 Å². The first-order valence-electron chi connectivity index (χ1n) is 7.56. The number of para-hydroxylation sites is 1. The predicted octanol–water partition coefficient (Wildman–Crippen LogP) is 0.572. The van der Waals surface area contributed by atoms with E-state index in [-0.39, 0.29) is 18.0 Å². The molecule has 0 aliphatic rings. The summed E-state index contributed by atoms with van der Waals surface area (Å²) < 4.78 is 32.3. The van der Waals surface area contributed by atoms with Crippen LogP contribution in [-0.2, 0) is 30.9 Å². The van der Waals surface area contributed by atoms with Crippen molar-refractivity contribution < 1.29 is 27.5 Å². The number of nitrogens with one attached hydrogen (secondary N) is 1. The molecule has 26 heavy (non-hydrogen) atoms. The van der Waals surface area contributed by atoms with Crippen LogP contribution in [0.3, 0.4) is 0 Å². The van der Waals surface area contributed by atoms with Crippen molar-refractivity contribution in [2.24, 2.45) is 5.14 Å². The molecule has 0 saturated heterocycles. The molecule has 1 amide bonds. The van der Waals surface area contributed by atoms with Crippen molar-refractivity contribution in [3.8, 4) is 5.75 Å². The third-order valence-corrected chi connectivity index (χ3v) is 4.13. The van der Waals surface area contributed by atoms with Crippen LogP contribution >= 0.6 is 0 Å². The first-order valence-corrected chi connectivity index (χ1v) is 9.11. The highest BCUT2D eigenvalue weighted by atomic mass is 32.2. The lowest BCUT2D eigenvalue weighted by atomic mass is 10.2. The van der Waals surface area contributed by atoms with E-state index < -0.39 is 28.5 Å². The average molecular weight is 378 g/mol. The maximum Gasteiger partial charge on any atom is 0.344 e. The predicted molar refractivity (Wildman–Crippen MR) is 92.6 cm³/mol. The highest BCUT2D eigenvalue weighted by molar-refractivity contribution is 7.89. The van der Waals surface area contributed by atoms with E-state index in [9.17, 15) is 18.0 Å². The third kappa shape index (κ3) is 6.54. The largest absolute Gasteiger partial charge is 0.482 e. The number of benzene rings is 2. The van der Waals surface area contributed by atoms with E-state index in [2.05, 4.69) is 5.32 Å². The van der Waals surface area contributed by atoms with Gasteiger partial charge in [-0.25, -0.2) is 18.4 Å². The summed E-state index contributed by atoms with van der Waals surface area (Å²) in [6.45, 7) is -0.583. The van der Waals surface area contributed by atoms with Crippen molar-refractivity contribution >= 4 is 21.9 Å². The van der Waals surface area contributed by atoms with Gasteiger partial charge in [0.2, 0.25) is 10.0 Å². The Balaban J connectivity index is 1.69. The molecule has 0 radical (unpaired) electrons. The van der Waals surface area contributed by atoms with Gasteiger partial charge >= 0.3 is 5.97 Å². The lowest BCUT2D eigenvalue weighted by Crippen LogP contribution is -2.29. The molecule has 0 aliphatic carbocycles. The number of hydrogen-bond acceptors (Lipinski definition) is 6. The van der Waals surface area contributed by atoms with E-state index in [0.717, 1.165) is 0 Å². The first-order chi connectivity index (χ1) is 12.3. The number of rotatable bonds is 8. The Morgan fingerprint density at radius 2 is 1.62 bits per heavy atom. The van der Waals surface area contributed by atoms with E-state index in [0.29, 0.717) is 11.3 Å². The van der Waals surface area contributed by atoms with Crippen LogP contribution in [0.25, 0.3) is 0 Å². The summed E-state index contributed by atoms with van der Waals surface area (Å²) in [4.78, 5) is 23.2. The minimum atomic E-state index is -3.75.